The summed E-state index contributed by atoms with van der Waals surface area (Å²) in [5, 5.41) is 33.5. The van der Waals surface area contributed by atoms with Crippen LogP contribution in [0.25, 0.3) is 16.4 Å². The number of urea groups is 1. The summed E-state index contributed by atoms with van der Waals surface area (Å²) in [6.45, 7) is 4.61. The van der Waals surface area contributed by atoms with Gasteiger partial charge in [0.15, 0.2) is 0 Å². The van der Waals surface area contributed by atoms with Crippen LogP contribution in [0.15, 0.2) is 109 Å². The third kappa shape index (κ3) is 18.3. The van der Waals surface area contributed by atoms with Crippen molar-refractivity contribution in [2.24, 2.45) is 17.4 Å². The number of halogens is 1. The van der Waals surface area contributed by atoms with Crippen LogP contribution in [0.4, 0.5) is 36.2 Å². The Morgan fingerprint density at radius 1 is 0.811 bits per heavy atom. The van der Waals surface area contributed by atoms with Gasteiger partial charge in [-0.2, -0.15) is 0 Å². The Kier molecular flexibility index (Phi) is 23.7. The molecule has 95 heavy (non-hydrogen) atoms. The third-order valence-corrected chi connectivity index (χ3v) is 16.2. The van der Waals surface area contributed by atoms with Crippen LogP contribution in [-0.4, -0.2) is 177 Å². The number of alkyl halides is 1. The Morgan fingerprint density at radius 2 is 1.53 bits per heavy atom. The number of anilines is 3. The number of likely N-dealkylation sites (N-methyl/N-ethyl adjacent to an activating group) is 1. The number of phenols is 1. The summed E-state index contributed by atoms with van der Waals surface area (Å²) >= 11 is 6.65. The molecule has 11 N–H and O–H groups in total. The van der Waals surface area contributed by atoms with Crippen LogP contribution in [0.1, 0.15) is 89.4 Å². The van der Waals surface area contributed by atoms with E-state index in [0.717, 1.165) is 33.6 Å². The number of nitrogens with zero attached hydrogens (tertiary/aromatic N) is 6. The van der Waals surface area contributed by atoms with Crippen LogP contribution in [-0.2, 0) is 40.1 Å². The monoisotopic (exact) mass is 1330 g/mol. The summed E-state index contributed by atoms with van der Waals surface area (Å²) in [7, 11) is 1.47. The molecule has 0 saturated carbocycles. The number of primary amides is 1. The topological polar surface area (TPSA) is 398 Å². The molecule has 0 fully saturated rings. The van der Waals surface area contributed by atoms with E-state index < -0.39 is 89.8 Å². The normalized spacial score (nSPS) is 14.2. The number of carbonyl (C=O) groups excluding carboxylic acids is 10. The van der Waals surface area contributed by atoms with E-state index >= 15 is 0 Å². The first-order valence-corrected chi connectivity index (χ1v) is 31.0. The van der Waals surface area contributed by atoms with Crippen molar-refractivity contribution in [3.05, 3.63) is 137 Å². The fraction of sp³-hybridized carbons (Fsp3) is 0.354. The minimum absolute atomic E-state index is 0.0132. The highest BCUT2D eigenvalue weighted by Gasteiger charge is 2.38. The highest BCUT2D eigenvalue weighted by atomic mass is 35.5. The number of alkyl carbamates (subject to hydrolysis) is 1. The largest absolute Gasteiger partial charge is 0.508 e. The predicted molar refractivity (Wildman–Crippen MR) is 348 cm³/mol. The Hall–Kier alpha value is -10.8. The number of imide groups is 1. The lowest BCUT2D eigenvalue weighted by Crippen LogP contribution is -2.54. The summed E-state index contributed by atoms with van der Waals surface area (Å²) in [6.07, 6.45) is 3.74. The van der Waals surface area contributed by atoms with Gasteiger partial charge < -0.3 is 81.6 Å². The van der Waals surface area contributed by atoms with Gasteiger partial charge in [0, 0.05) is 98.8 Å². The van der Waals surface area contributed by atoms with E-state index in [-0.39, 0.29) is 101 Å². The van der Waals surface area contributed by atoms with Crippen molar-refractivity contribution in [3.8, 4) is 11.5 Å². The number of aromatic nitrogens is 2. The van der Waals surface area contributed by atoms with Gasteiger partial charge in [-0.05, 0) is 116 Å². The van der Waals surface area contributed by atoms with Crippen molar-refractivity contribution < 1.29 is 77.2 Å². The number of imidazole rings is 1. The molecule has 0 unspecified atom stereocenters. The van der Waals surface area contributed by atoms with Crippen molar-refractivity contribution in [1.29, 1.82) is 0 Å². The number of nitrogens with two attached hydrogens (primary N) is 2. The van der Waals surface area contributed by atoms with Crippen LogP contribution in [0.2, 0.25) is 0 Å². The van der Waals surface area contributed by atoms with Crippen molar-refractivity contribution in [2.75, 3.05) is 74.3 Å². The molecule has 6 aromatic rings. The first kappa shape index (κ1) is 70.1. The van der Waals surface area contributed by atoms with Gasteiger partial charge in [-0.25, -0.2) is 24.2 Å². The van der Waals surface area contributed by atoms with E-state index in [9.17, 15) is 63.0 Å². The van der Waals surface area contributed by atoms with Crippen LogP contribution >= 0.6 is 11.6 Å². The van der Waals surface area contributed by atoms with Crippen LogP contribution in [0.5, 0.6) is 11.5 Å². The predicted octanol–water partition coefficient (Wildman–Crippen LogP) is 5.94. The molecule has 11 amide bonds. The van der Waals surface area contributed by atoms with E-state index in [0.29, 0.717) is 52.1 Å². The van der Waals surface area contributed by atoms with E-state index in [4.69, 9.17) is 37.3 Å². The van der Waals surface area contributed by atoms with E-state index in [1.807, 2.05) is 19.1 Å². The molecule has 30 heteroatoms. The molecule has 0 spiro atoms. The van der Waals surface area contributed by atoms with E-state index in [1.165, 1.54) is 47.3 Å². The number of hydrogen-bond acceptors (Lipinski definition) is 17. The Morgan fingerprint density at radius 3 is 2.21 bits per heavy atom. The van der Waals surface area contributed by atoms with Crippen LogP contribution < -0.4 is 47.7 Å². The Labute approximate surface area is 550 Å². The number of ether oxygens (including phenoxy) is 3. The number of aromatic hydroxyl groups is 1. The van der Waals surface area contributed by atoms with Gasteiger partial charge in [0.1, 0.15) is 54.2 Å². The second-order valence-corrected chi connectivity index (χ2v) is 23.3. The standard InChI is InChI=1S/C65H74ClN13O16/c1-37(2)56(74-63(90)93-30-29-78-52(81)23-24-53(78)82)59(85)73-47(12-8-25-69-62(68)89)58(84)70-42-17-13-39(14-18-42)36-94-64(91)75(4)27-28-76(26-6-5-11-46(67)61(87)88)65(92)95-50-31-49-55(54-38(3)9-7-10-45(50)54)41(32-66)33-79(49)60(86)48-35-77-34-43(19-22-51(77)72-48)71-57(83)40-15-20-44(80)21-16-40/h7,9-10,13-24,31,34-35,37,41,46-47,56,80H,5-6,8,11-12,25-30,32-33,36,67H2,1-4H3,(H,70,84)(H,71,83)(H,73,85)(H,74,90)(H,87,88)(H3,68,69,89)/t41-,46+,47+,56+/m1/s1. The molecule has 502 valence electrons. The highest BCUT2D eigenvalue weighted by Crippen LogP contribution is 2.47. The average Bonchev–Trinajstić information content (AvgIpc) is 1.63. The molecule has 8 rings (SSSR count). The molecule has 4 heterocycles. The first-order chi connectivity index (χ1) is 45.4. The second-order valence-electron chi connectivity index (χ2n) is 23.0. The second kappa shape index (κ2) is 32.2. The number of hydrogen-bond donors (Lipinski definition) is 9. The lowest BCUT2D eigenvalue weighted by atomic mass is 9.92. The molecular weight excluding hydrogens is 1250 g/mol. The number of nitrogens with one attached hydrogen (secondary N) is 5. The molecule has 4 aromatic carbocycles. The van der Waals surface area contributed by atoms with Crippen molar-refractivity contribution in [1.82, 2.24) is 40.0 Å². The number of carbonyl (C=O) groups is 11. The van der Waals surface area contributed by atoms with E-state index in [2.05, 4.69) is 31.6 Å². The molecule has 0 saturated heterocycles. The molecule has 0 radical (unpaired) electrons. The number of amides is 11. The summed E-state index contributed by atoms with van der Waals surface area (Å²) in [5.74, 6) is -5.13. The fourth-order valence-electron chi connectivity index (χ4n) is 10.6. The maximum Gasteiger partial charge on any atom is 0.415 e. The van der Waals surface area contributed by atoms with Crippen molar-refractivity contribution in [2.45, 2.75) is 83.5 Å². The summed E-state index contributed by atoms with van der Waals surface area (Å²) in [5.41, 5.74) is 15.1. The molecule has 0 bridgehead atoms. The van der Waals surface area contributed by atoms with Gasteiger partial charge in [-0.3, -0.25) is 38.5 Å². The number of fused-ring (bicyclic) bond motifs is 4. The van der Waals surface area contributed by atoms with Gasteiger partial charge in [-0.1, -0.05) is 44.2 Å². The maximum atomic E-state index is 14.6. The van der Waals surface area contributed by atoms with Gasteiger partial charge in [0.25, 0.3) is 23.6 Å². The lowest BCUT2D eigenvalue weighted by Gasteiger charge is -2.26. The van der Waals surface area contributed by atoms with E-state index in [1.54, 1.807) is 77.9 Å². The lowest BCUT2D eigenvalue weighted by molar-refractivity contribution is -0.139. The van der Waals surface area contributed by atoms with Crippen LogP contribution in [0.3, 0.4) is 0 Å². The van der Waals surface area contributed by atoms with Gasteiger partial charge in [0.2, 0.25) is 11.8 Å². The number of carboxylic acid groups (broad SMARTS) is 1. The first-order valence-electron chi connectivity index (χ1n) is 30.5. The zero-order chi connectivity index (χ0) is 68.6. The highest BCUT2D eigenvalue weighted by molar-refractivity contribution is 6.19. The Balaban J connectivity index is 0.906. The molecule has 2 aliphatic rings. The third-order valence-electron chi connectivity index (χ3n) is 15.8. The summed E-state index contributed by atoms with van der Waals surface area (Å²) in [4.78, 5) is 152. The molecule has 4 atom stereocenters. The van der Waals surface area contributed by atoms with Gasteiger partial charge in [-0.15, -0.1) is 11.6 Å². The zero-order valence-electron chi connectivity index (χ0n) is 52.5. The Bertz CT molecular complexity index is 3900. The van der Waals surface area contributed by atoms with Crippen molar-refractivity contribution >= 4 is 111 Å². The van der Waals surface area contributed by atoms with Crippen LogP contribution in [0, 0.1) is 12.8 Å². The number of aryl methyl sites for hydroxylation is 1. The zero-order valence-corrected chi connectivity index (χ0v) is 53.3. The number of phenolic OH excluding ortho intramolecular Hbond substituents is 1. The number of aliphatic carboxylic acids is 1. The minimum Gasteiger partial charge on any atom is -0.508 e. The quantitative estimate of drug-likeness (QED) is 0.0149. The number of benzene rings is 4. The minimum atomic E-state index is -1.19. The SMILES string of the molecule is Cc1cccc2c(OC(=O)N(CCCC[C@H](N)C(=O)O)CCN(C)C(=O)OCc3ccc(NC(=O)[C@H](CCCNC(N)=O)NC(=O)[C@@H](NC(=O)OCCN4C(=O)C=CC4=O)C(C)C)cc3)cc3c(c12)[C@H](CCl)CN3C(=O)c1cn2cc(NC(=O)c3ccc(O)cc3)ccc2n1. The molecule has 0 aliphatic carbocycles. The number of carboxylic acids is 1. The number of rotatable bonds is 29. The number of pyridine rings is 1. The summed E-state index contributed by atoms with van der Waals surface area (Å²) < 4.78 is 18.6. The molecule has 2 aromatic heterocycles. The van der Waals surface area contributed by atoms with Gasteiger partial charge >= 0.3 is 30.3 Å². The molecule has 29 nitrogen and oxygen atoms in total. The number of unbranched alkanes of at least 4 members (excludes halogenated alkanes) is 1. The maximum absolute atomic E-state index is 14.6. The smallest absolute Gasteiger partial charge is 0.415 e. The fourth-order valence-corrected chi connectivity index (χ4v) is 10.9. The van der Waals surface area contributed by atoms with Crippen molar-refractivity contribution in [3.63, 3.8) is 0 Å². The summed E-state index contributed by atoms with van der Waals surface area (Å²) in [6, 6.07) is 18.1. The average molecular weight is 1330 g/mol. The molecule has 2 aliphatic heterocycles. The van der Waals surface area contributed by atoms with Gasteiger partial charge in [0.05, 0.1) is 17.9 Å². The molecular formula is C65H74ClN13O16.